The normalized spacial score (nSPS) is 12.1. The van der Waals surface area contributed by atoms with Crippen LogP contribution in [-0.2, 0) is 6.61 Å². The summed E-state index contributed by atoms with van der Waals surface area (Å²) in [5.74, 6) is 0.552. The molecule has 6 heteroatoms. The Kier molecular flexibility index (Phi) is 3.50. The molecule has 0 unspecified atom stereocenters. The van der Waals surface area contributed by atoms with Crippen LogP contribution < -0.4 is 9.64 Å². The van der Waals surface area contributed by atoms with Crippen LogP contribution >= 0.6 is 11.6 Å². The van der Waals surface area contributed by atoms with E-state index < -0.39 is 0 Å². The summed E-state index contributed by atoms with van der Waals surface area (Å²) >= 11 is 6.19. The highest BCUT2D eigenvalue weighted by atomic mass is 35.5. The van der Waals surface area contributed by atoms with E-state index >= 15 is 0 Å². The fourth-order valence-corrected chi connectivity index (χ4v) is 3.11. The second kappa shape index (κ2) is 5.69. The molecule has 0 spiro atoms. The number of rotatable bonds is 2. The molecule has 0 saturated heterocycles. The molecule has 5 nitrogen and oxygen atoms in total. The Bertz CT molecular complexity index is 936. The van der Waals surface area contributed by atoms with Crippen molar-refractivity contribution in [3.63, 3.8) is 0 Å². The van der Waals surface area contributed by atoms with E-state index in [4.69, 9.17) is 16.3 Å². The van der Waals surface area contributed by atoms with Crippen LogP contribution in [0.2, 0.25) is 5.02 Å². The van der Waals surface area contributed by atoms with Gasteiger partial charge in [0, 0.05) is 18.2 Å². The van der Waals surface area contributed by atoms with Gasteiger partial charge in [0.25, 0.3) is 5.91 Å². The van der Waals surface area contributed by atoms with Crippen LogP contribution in [0.3, 0.4) is 0 Å². The van der Waals surface area contributed by atoms with Crippen LogP contribution in [0.25, 0.3) is 11.3 Å². The average Bonchev–Trinajstić information content (AvgIpc) is 3.05. The standard InChI is InChI=1S/C18H14ClN3O2/c1-22(14-8-4-3-7-13(14)19)18(23)17-12-10-24-15-9-5-2-6-11(15)16(12)20-21-17/h2-9H,10H2,1H3,(H,20,21). The van der Waals surface area contributed by atoms with Gasteiger partial charge in [-0.2, -0.15) is 5.10 Å². The van der Waals surface area contributed by atoms with Crippen molar-refractivity contribution < 1.29 is 9.53 Å². The first-order valence-electron chi connectivity index (χ1n) is 7.49. The molecule has 120 valence electrons. The van der Waals surface area contributed by atoms with Crippen LogP contribution in [0.1, 0.15) is 16.1 Å². The molecule has 2 aromatic carbocycles. The topological polar surface area (TPSA) is 58.2 Å². The number of carbonyl (C=O) groups excluding carboxylic acids is 1. The first-order valence-corrected chi connectivity index (χ1v) is 7.86. The number of fused-ring (bicyclic) bond motifs is 3. The molecule has 2 heterocycles. The Hall–Kier alpha value is -2.79. The number of aromatic amines is 1. The largest absolute Gasteiger partial charge is 0.488 e. The number of amides is 1. The van der Waals surface area contributed by atoms with E-state index in [1.165, 1.54) is 4.90 Å². The highest BCUT2D eigenvalue weighted by Crippen LogP contribution is 2.37. The average molecular weight is 340 g/mol. The molecule has 24 heavy (non-hydrogen) atoms. The number of nitrogens with zero attached hydrogens (tertiary/aromatic N) is 2. The monoisotopic (exact) mass is 339 g/mol. The smallest absolute Gasteiger partial charge is 0.278 e. The van der Waals surface area contributed by atoms with Crippen molar-refractivity contribution in [1.82, 2.24) is 10.2 Å². The van der Waals surface area contributed by atoms with Gasteiger partial charge < -0.3 is 9.64 Å². The first kappa shape index (κ1) is 14.8. The van der Waals surface area contributed by atoms with E-state index in [0.717, 1.165) is 22.6 Å². The molecule has 1 aromatic heterocycles. The molecule has 4 rings (SSSR count). The van der Waals surface area contributed by atoms with Crippen LogP contribution in [0.4, 0.5) is 5.69 Å². The second-order valence-electron chi connectivity index (χ2n) is 5.53. The molecule has 1 aliphatic rings. The van der Waals surface area contributed by atoms with Crippen LogP contribution in [-0.4, -0.2) is 23.2 Å². The Balaban J connectivity index is 1.74. The minimum atomic E-state index is -0.233. The SMILES string of the molecule is CN(C(=O)c1n[nH]c2c1COc1ccccc1-2)c1ccccc1Cl. The maximum absolute atomic E-state index is 12.9. The van der Waals surface area contributed by atoms with Gasteiger partial charge in [0.1, 0.15) is 12.4 Å². The highest BCUT2D eigenvalue weighted by molar-refractivity contribution is 6.34. The van der Waals surface area contributed by atoms with Gasteiger partial charge in [-0.15, -0.1) is 0 Å². The number of anilines is 1. The van der Waals surface area contributed by atoms with E-state index in [1.54, 1.807) is 19.2 Å². The van der Waals surface area contributed by atoms with Gasteiger partial charge in [0.2, 0.25) is 0 Å². The number of hydrogen-bond donors (Lipinski definition) is 1. The number of aromatic nitrogens is 2. The maximum Gasteiger partial charge on any atom is 0.278 e. The van der Waals surface area contributed by atoms with Gasteiger partial charge in [-0.25, -0.2) is 0 Å². The lowest BCUT2D eigenvalue weighted by molar-refractivity contribution is 0.0985. The van der Waals surface area contributed by atoms with Crippen molar-refractivity contribution in [1.29, 1.82) is 0 Å². The number of halogens is 1. The molecular weight excluding hydrogens is 326 g/mol. The zero-order chi connectivity index (χ0) is 16.7. The molecular formula is C18H14ClN3O2. The molecule has 0 fully saturated rings. The van der Waals surface area contributed by atoms with Crippen molar-refractivity contribution in [3.05, 3.63) is 64.8 Å². The molecule has 0 bridgehead atoms. The van der Waals surface area contributed by atoms with E-state index in [-0.39, 0.29) is 5.91 Å². The van der Waals surface area contributed by atoms with Crippen molar-refractivity contribution in [2.45, 2.75) is 6.61 Å². The summed E-state index contributed by atoms with van der Waals surface area (Å²) < 4.78 is 5.75. The quantitative estimate of drug-likeness (QED) is 0.770. The van der Waals surface area contributed by atoms with Gasteiger partial charge in [-0.05, 0) is 24.3 Å². The summed E-state index contributed by atoms with van der Waals surface area (Å²) in [4.78, 5) is 14.4. The second-order valence-corrected chi connectivity index (χ2v) is 5.93. The highest BCUT2D eigenvalue weighted by Gasteiger charge is 2.28. The predicted octanol–water partition coefficient (Wildman–Crippen LogP) is 3.90. The summed E-state index contributed by atoms with van der Waals surface area (Å²) in [7, 11) is 1.68. The molecule has 1 N–H and O–H groups in total. The van der Waals surface area contributed by atoms with Crippen molar-refractivity contribution in [2.75, 3.05) is 11.9 Å². The third-order valence-corrected chi connectivity index (χ3v) is 4.44. The summed E-state index contributed by atoms with van der Waals surface area (Å²) in [6, 6.07) is 14.9. The van der Waals surface area contributed by atoms with Gasteiger partial charge in [0.05, 0.1) is 16.4 Å². The van der Waals surface area contributed by atoms with Gasteiger partial charge in [0.15, 0.2) is 5.69 Å². The minimum Gasteiger partial charge on any atom is -0.488 e. The number of para-hydroxylation sites is 2. The van der Waals surface area contributed by atoms with E-state index in [0.29, 0.717) is 23.0 Å². The van der Waals surface area contributed by atoms with Gasteiger partial charge in [-0.3, -0.25) is 9.89 Å². The summed E-state index contributed by atoms with van der Waals surface area (Å²) in [6.07, 6.45) is 0. The summed E-state index contributed by atoms with van der Waals surface area (Å²) in [6.45, 7) is 0.306. The Morgan fingerprint density at radius 3 is 2.79 bits per heavy atom. The minimum absolute atomic E-state index is 0.233. The van der Waals surface area contributed by atoms with Gasteiger partial charge >= 0.3 is 0 Å². The molecule has 0 atom stereocenters. The lowest BCUT2D eigenvalue weighted by Gasteiger charge is -2.20. The molecule has 0 saturated carbocycles. The third kappa shape index (κ3) is 2.25. The summed E-state index contributed by atoms with van der Waals surface area (Å²) in [5, 5.41) is 7.72. The van der Waals surface area contributed by atoms with Crippen molar-refractivity contribution in [3.8, 4) is 17.0 Å². The predicted molar refractivity (Wildman–Crippen MR) is 92.5 cm³/mol. The number of H-pyrrole nitrogens is 1. The number of carbonyl (C=O) groups is 1. The van der Waals surface area contributed by atoms with E-state index in [2.05, 4.69) is 10.2 Å². The fourth-order valence-electron chi connectivity index (χ4n) is 2.85. The van der Waals surface area contributed by atoms with Crippen LogP contribution in [0, 0.1) is 0 Å². The van der Waals surface area contributed by atoms with Crippen LogP contribution in [0.15, 0.2) is 48.5 Å². The third-order valence-electron chi connectivity index (χ3n) is 4.12. The molecule has 1 amide bonds. The Morgan fingerprint density at radius 1 is 1.21 bits per heavy atom. The van der Waals surface area contributed by atoms with Crippen LogP contribution in [0.5, 0.6) is 5.75 Å². The fraction of sp³-hybridized carbons (Fsp3) is 0.111. The van der Waals surface area contributed by atoms with E-state index in [9.17, 15) is 4.79 Å². The van der Waals surface area contributed by atoms with E-state index in [1.807, 2.05) is 36.4 Å². The number of ether oxygens (including phenoxy) is 1. The zero-order valence-corrected chi connectivity index (χ0v) is 13.7. The lowest BCUT2D eigenvalue weighted by atomic mass is 10.0. The number of benzene rings is 2. The Labute approximate surface area is 143 Å². The first-order chi connectivity index (χ1) is 11.7. The summed E-state index contributed by atoms with van der Waals surface area (Å²) in [5.41, 5.74) is 3.48. The molecule has 3 aromatic rings. The number of nitrogens with one attached hydrogen (secondary N) is 1. The molecule has 1 aliphatic heterocycles. The number of hydrogen-bond acceptors (Lipinski definition) is 3. The molecule has 0 radical (unpaired) electrons. The van der Waals surface area contributed by atoms with Crippen molar-refractivity contribution >= 4 is 23.2 Å². The van der Waals surface area contributed by atoms with Crippen molar-refractivity contribution in [2.24, 2.45) is 0 Å². The molecule has 0 aliphatic carbocycles. The van der Waals surface area contributed by atoms with Gasteiger partial charge in [-0.1, -0.05) is 35.9 Å². The lowest BCUT2D eigenvalue weighted by Crippen LogP contribution is -2.28. The Morgan fingerprint density at radius 2 is 1.96 bits per heavy atom. The zero-order valence-electron chi connectivity index (χ0n) is 12.9. The maximum atomic E-state index is 12.9.